The van der Waals surface area contributed by atoms with Gasteiger partial charge in [0.2, 0.25) is 0 Å². The third kappa shape index (κ3) is 58.3. The zero-order chi connectivity index (χ0) is 61.3. The molecule has 0 rings (SSSR count). The van der Waals surface area contributed by atoms with E-state index in [4.69, 9.17) is 37.0 Å². The van der Waals surface area contributed by atoms with Crippen LogP contribution in [0.1, 0.15) is 298 Å². The fourth-order valence-electron chi connectivity index (χ4n) is 9.04. The molecule has 0 heterocycles. The molecule has 0 aromatic rings. The summed E-state index contributed by atoms with van der Waals surface area (Å²) < 4.78 is 67.8. The number of aliphatic hydroxyl groups excluding tert-OH is 1. The van der Waals surface area contributed by atoms with Gasteiger partial charge in [-0.15, -0.1) is 0 Å². The average Bonchev–Trinajstić information content (AvgIpc) is 3.45. The Morgan fingerprint density at radius 2 is 0.651 bits per heavy atom. The van der Waals surface area contributed by atoms with Crippen molar-refractivity contribution < 1.29 is 80.2 Å². The van der Waals surface area contributed by atoms with Crippen molar-refractivity contribution >= 4 is 39.5 Å². The van der Waals surface area contributed by atoms with Crippen LogP contribution >= 0.6 is 15.6 Å². The van der Waals surface area contributed by atoms with Crippen LogP contribution in [0.2, 0.25) is 0 Å². The second-order valence-corrected chi connectivity index (χ2v) is 25.8. The second-order valence-electron chi connectivity index (χ2n) is 22.9. The number of carbonyl (C=O) groups excluding carboxylic acids is 4. The lowest BCUT2D eigenvalue weighted by molar-refractivity contribution is -0.161. The van der Waals surface area contributed by atoms with E-state index in [2.05, 4.69) is 58.9 Å². The van der Waals surface area contributed by atoms with Gasteiger partial charge in [-0.2, -0.15) is 0 Å². The van der Waals surface area contributed by atoms with Crippen LogP contribution in [-0.2, 0) is 65.4 Å². The maximum atomic E-state index is 13.0. The molecule has 0 bridgehead atoms. The molecule has 0 spiro atoms. The number of allylic oxidation sites excluding steroid dienone is 4. The highest BCUT2D eigenvalue weighted by Crippen LogP contribution is 2.45. The molecule has 19 heteroatoms. The summed E-state index contributed by atoms with van der Waals surface area (Å²) in [4.78, 5) is 72.1. The van der Waals surface area contributed by atoms with Crippen molar-refractivity contribution in [1.82, 2.24) is 0 Å². The van der Waals surface area contributed by atoms with Crippen molar-refractivity contribution in [3.05, 3.63) is 24.3 Å². The minimum absolute atomic E-state index is 0.0844. The maximum Gasteiger partial charge on any atom is 0.472 e. The predicted molar refractivity (Wildman–Crippen MR) is 331 cm³/mol. The van der Waals surface area contributed by atoms with E-state index in [1.807, 2.05) is 0 Å². The maximum absolute atomic E-state index is 13.0. The molecular formula is C64H120O17P2. The number of aliphatic hydroxyl groups is 1. The topological polar surface area (TPSA) is 237 Å². The number of phosphoric acid groups is 2. The lowest BCUT2D eigenvalue weighted by Gasteiger charge is -2.21. The van der Waals surface area contributed by atoms with Crippen LogP contribution < -0.4 is 0 Å². The van der Waals surface area contributed by atoms with Gasteiger partial charge in [0, 0.05) is 25.7 Å². The Morgan fingerprint density at radius 3 is 0.988 bits per heavy atom. The molecule has 0 aliphatic heterocycles. The fourth-order valence-corrected chi connectivity index (χ4v) is 10.6. The van der Waals surface area contributed by atoms with Crippen LogP contribution in [0.15, 0.2) is 24.3 Å². The highest BCUT2D eigenvalue weighted by Gasteiger charge is 2.30. The third-order valence-corrected chi connectivity index (χ3v) is 16.1. The van der Waals surface area contributed by atoms with Crippen LogP contribution in [0.5, 0.6) is 0 Å². The summed E-state index contributed by atoms with van der Waals surface area (Å²) in [6, 6.07) is 0. The highest BCUT2D eigenvalue weighted by molar-refractivity contribution is 7.47. The van der Waals surface area contributed by atoms with Crippen molar-refractivity contribution in [2.45, 2.75) is 316 Å². The number of hydrogen-bond donors (Lipinski definition) is 3. The molecule has 0 amide bonds. The minimum Gasteiger partial charge on any atom is -0.462 e. The molecule has 0 aliphatic rings. The molecule has 0 aromatic heterocycles. The van der Waals surface area contributed by atoms with E-state index >= 15 is 0 Å². The van der Waals surface area contributed by atoms with E-state index in [1.54, 1.807) is 0 Å². The number of rotatable bonds is 62. The molecular weight excluding hydrogens is 1100 g/mol. The SMILES string of the molecule is CCCCCC/C=C\C=C/CCCCCCCC(=O)O[C@H](COC(=O)CCCCCCCCCCC(C)C)COP(=O)(O)OC[C@@H](O)COP(=O)(O)OC[C@@H](COC(=O)CCCCCCCCCC)OC(=O)CCCCCCCCCCC. The first-order valence-corrected chi connectivity index (χ1v) is 35.9. The van der Waals surface area contributed by atoms with Gasteiger partial charge in [0.25, 0.3) is 0 Å². The van der Waals surface area contributed by atoms with E-state index < -0.39 is 97.5 Å². The van der Waals surface area contributed by atoms with E-state index in [1.165, 1.54) is 96.3 Å². The first kappa shape index (κ1) is 80.5. The summed E-state index contributed by atoms with van der Waals surface area (Å²) in [6.07, 6.45) is 44.0. The number of carbonyl (C=O) groups is 4. The molecule has 488 valence electrons. The summed E-state index contributed by atoms with van der Waals surface area (Å²) in [5.41, 5.74) is 0. The molecule has 0 saturated heterocycles. The Hall–Kier alpha value is -2.46. The van der Waals surface area contributed by atoms with Gasteiger partial charge in [0.15, 0.2) is 12.2 Å². The smallest absolute Gasteiger partial charge is 0.462 e. The van der Waals surface area contributed by atoms with Crippen molar-refractivity contribution in [2.75, 3.05) is 39.6 Å². The Labute approximate surface area is 503 Å². The number of ether oxygens (including phenoxy) is 4. The van der Waals surface area contributed by atoms with E-state index in [0.717, 1.165) is 121 Å². The second kappa shape index (κ2) is 57.3. The molecule has 3 N–H and O–H groups in total. The van der Waals surface area contributed by atoms with Gasteiger partial charge < -0.3 is 33.8 Å². The van der Waals surface area contributed by atoms with Gasteiger partial charge in [-0.05, 0) is 57.3 Å². The Kier molecular flexibility index (Phi) is 55.6. The van der Waals surface area contributed by atoms with Crippen molar-refractivity contribution in [2.24, 2.45) is 5.92 Å². The fraction of sp³-hybridized carbons (Fsp3) is 0.875. The van der Waals surface area contributed by atoms with Gasteiger partial charge in [0.1, 0.15) is 19.3 Å². The normalized spacial score (nSPS) is 14.4. The summed E-state index contributed by atoms with van der Waals surface area (Å²) >= 11 is 0. The molecule has 5 atom stereocenters. The largest absolute Gasteiger partial charge is 0.472 e. The van der Waals surface area contributed by atoms with Crippen LogP contribution in [0.3, 0.4) is 0 Å². The van der Waals surface area contributed by atoms with Crippen molar-refractivity contribution in [1.29, 1.82) is 0 Å². The summed E-state index contributed by atoms with van der Waals surface area (Å²) in [5.74, 6) is -1.44. The molecule has 2 unspecified atom stereocenters. The van der Waals surface area contributed by atoms with Gasteiger partial charge in [-0.25, -0.2) is 9.13 Å². The first-order chi connectivity index (χ1) is 40.0. The number of unbranched alkanes of at least 4 members (excludes halogenated alkanes) is 31. The quantitative estimate of drug-likeness (QED) is 0.0169. The molecule has 83 heavy (non-hydrogen) atoms. The summed E-state index contributed by atoms with van der Waals surface area (Å²) in [5, 5.41) is 10.5. The predicted octanol–water partition coefficient (Wildman–Crippen LogP) is 17.3. The minimum atomic E-state index is -4.95. The van der Waals surface area contributed by atoms with Crippen molar-refractivity contribution in [3.8, 4) is 0 Å². The first-order valence-electron chi connectivity index (χ1n) is 33.0. The number of hydrogen-bond acceptors (Lipinski definition) is 15. The molecule has 0 radical (unpaired) electrons. The monoisotopic (exact) mass is 1220 g/mol. The Morgan fingerprint density at radius 1 is 0.373 bits per heavy atom. The van der Waals surface area contributed by atoms with Crippen molar-refractivity contribution in [3.63, 3.8) is 0 Å². The number of phosphoric ester groups is 2. The van der Waals surface area contributed by atoms with Crippen LogP contribution in [0.4, 0.5) is 0 Å². The van der Waals surface area contributed by atoms with Crippen LogP contribution in [-0.4, -0.2) is 96.7 Å². The zero-order valence-electron chi connectivity index (χ0n) is 52.8. The standard InChI is InChI=1S/C64H120O17P2/c1-6-9-12-15-18-21-22-23-24-25-26-28-35-40-45-50-64(69)81-60(54-75-62(67)48-43-38-33-30-29-31-36-41-46-57(4)5)56-79-83(72,73)77-52-58(65)51-76-82(70,71)78-55-59(53-74-61(66)47-42-37-32-20-17-14-11-8-3)80-63(68)49-44-39-34-27-19-16-13-10-7-2/h21-24,57-60,65H,6-20,25-56H2,1-5H3,(H,70,71)(H,72,73)/b22-21-,24-23-/t58-,59+,60+/m0/s1. The lowest BCUT2D eigenvalue weighted by Crippen LogP contribution is -2.30. The van der Waals surface area contributed by atoms with Gasteiger partial charge >= 0.3 is 39.5 Å². The highest BCUT2D eigenvalue weighted by atomic mass is 31.2. The van der Waals surface area contributed by atoms with Crippen LogP contribution in [0.25, 0.3) is 0 Å². The lowest BCUT2D eigenvalue weighted by atomic mass is 10.0. The Bertz CT molecular complexity index is 1710. The van der Waals surface area contributed by atoms with Gasteiger partial charge in [-0.3, -0.25) is 37.3 Å². The van der Waals surface area contributed by atoms with Gasteiger partial charge in [-0.1, -0.05) is 245 Å². The van der Waals surface area contributed by atoms with E-state index in [9.17, 15) is 43.2 Å². The number of esters is 4. The molecule has 0 aromatic carbocycles. The molecule has 17 nitrogen and oxygen atoms in total. The molecule has 0 fully saturated rings. The van der Waals surface area contributed by atoms with Gasteiger partial charge in [0.05, 0.1) is 26.4 Å². The molecule has 0 aliphatic carbocycles. The third-order valence-electron chi connectivity index (χ3n) is 14.2. The molecule has 0 saturated carbocycles. The zero-order valence-corrected chi connectivity index (χ0v) is 54.6. The van der Waals surface area contributed by atoms with E-state index in [0.29, 0.717) is 25.7 Å². The summed E-state index contributed by atoms with van der Waals surface area (Å²) in [6.45, 7) is 7.05. The Balaban J connectivity index is 5.25. The van der Waals surface area contributed by atoms with E-state index in [-0.39, 0.29) is 25.7 Å². The van der Waals surface area contributed by atoms with Crippen LogP contribution in [0, 0.1) is 5.92 Å². The summed E-state index contributed by atoms with van der Waals surface area (Å²) in [7, 11) is -9.89. The average molecular weight is 1220 g/mol.